The van der Waals surface area contributed by atoms with Crippen molar-refractivity contribution in [2.45, 2.75) is 19.0 Å². The zero-order valence-electron chi connectivity index (χ0n) is 9.67. The fraction of sp³-hybridized carbons (Fsp3) is 0.545. The molecule has 2 rings (SSSR count). The second-order valence-electron chi connectivity index (χ2n) is 4.12. The third-order valence-corrected chi connectivity index (χ3v) is 2.95. The molecule has 0 saturated carbocycles. The van der Waals surface area contributed by atoms with Crippen LogP contribution in [0.2, 0.25) is 0 Å². The summed E-state index contributed by atoms with van der Waals surface area (Å²) in [6, 6.07) is 0.339. The van der Waals surface area contributed by atoms with E-state index in [-0.39, 0.29) is 5.56 Å². The summed E-state index contributed by atoms with van der Waals surface area (Å²) >= 11 is 0. The highest BCUT2D eigenvalue weighted by Crippen LogP contribution is 2.14. The first-order valence-electron chi connectivity index (χ1n) is 5.48. The monoisotopic (exact) mass is 237 g/mol. The number of ether oxygens (including phenoxy) is 1. The van der Waals surface area contributed by atoms with Gasteiger partial charge >= 0.3 is 5.97 Å². The van der Waals surface area contributed by atoms with E-state index < -0.39 is 5.97 Å². The molecule has 6 heteroatoms. The van der Waals surface area contributed by atoms with Gasteiger partial charge in [-0.25, -0.2) is 14.8 Å². The minimum atomic E-state index is -0.989. The predicted molar refractivity (Wildman–Crippen MR) is 59.7 cm³/mol. The lowest BCUT2D eigenvalue weighted by atomic mass is 10.2. The number of likely N-dealkylation sites (N-methyl/N-ethyl adjacent to an activating group) is 1. The maximum atomic E-state index is 11.0. The minimum Gasteiger partial charge on any atom is -0.478 e. The van der Waals surface area contributed by atoms with E-state index in [0.717, 1.165) is 13.0 Å². The molecule has 0 radical (unpaired) electrons. The summed E-state index contributed by atoms with van der Waals surface area (Å²) in [6.07, 6.45) is 3.69. The molecule has 0 aromatic carbocycles. The van der Waals surface area contributed by atoms with Crippen LogP contribution >= 0.6 is 0 Å². The maximum Gasteiger partial charge on any atom is 0.339 e. The topological polar surface area (TPSA) is 75.6 Å². The molecule has 1 aliphatic rings. The molecule has 6 nitrogen and oxygen atoms in total. The highest BCUT2D eigenvalue weighted by Gasteiger charge is 2.22. The van der Waals surface area contributed by atoms with Crippen molar-refractivity contribution < 1.29 is 14.6 Å². The number of hydrogen-bond acceptors (Lipinski definition) is 5. The minimum absolute atomic E-state index is 0.165. The normalized spacial score (nSPS) is 19.8. The fourth-order valence-corrected chi connectivity index (χ4v) is 1.89. The molecule has 92 valence electrons. The quantitative estimate of drug-likeness (QED) is 0.816. The Bertz CT molecular complexity index is 405. The van der Waals surface area contributed by atoms with Crippen LogP contribution in [0.5, 0.6) is 0 Å². The molecule has 1 N–H and O–H groups in total. The van der Waals surface area contributed by atoms with Crippen molar-refractivity contribution >= 4 is 5.97 Å². The van der Waals surface area contributed by atoms with Crippen LogP contribution in [-0.4, -0.2) is 52.2 Å². The van der Waals surface area contributed by atoms with Crippen molar-refractivity contribution in [1.29, 1.82) is 0 Å². The first-order valence-corrected chi connectivity index (χ1v) is 5.48. The van der Waals surface area contributed by atoms with Gasteiger partial charge in [-0.2, -0.15) is 0 Å². The number of hydrogen-bond donors (Lipinski definition) is 1. The van der Waals surface area contributed by atoms with Crippen LogP contribution < -0.4 is 0 Å². The molecule has 0 bridgehead atoms. The summed E-state index contributed by atoms with van der Waals surface area (Å²) in [5, 5.41) is 9.02. The molecule has 1 aromatic heterocycles. The van der Waals surface area contributed by atoms with E-state index in [2.05, 4.69) is 14.9 Å². The summed E-state index contributed by atoms with van der Waals surface area (Å²) in [5.41, 5.74) is 0.708. The molecule has 0 spiro atoms. The molecule has 1 unspecified atom stereocenters. The average molecular weight is 237 g/mol. The van der Waals surface area contributed by atoms with E-state index in [1.165, 1.54) is 12.5 Å². The number of carboxylic acids is 1. The Balaban J connectivity index is 2.09. The summed E-state index contributed by atoms with van der Waals surface area (Å²) < 4.78 is 5.30. The van der Waals surface area contributed by atoms with E-state index in [1.807, 2.05) is 7.05 Å². The van der Waals surface area contributed by atoms with Gasteiger partial charge in [-0.15, -0.1) is 0 Å². The standard InChI is InChI=1S/C11H15N3O3/c1-14(8-2-3-17-6-8)5-10-9(11(15)16)4-12-7-13-10/h4,7-8H,2-3,5-6H2,1H3,(H,15,16). The molecule has 1 saturated heterocycles. The lowest BCUT2D eigenvalue weighted by Gasteiger charge is -2.22. The number of carbonyl (C=O) groups is 1. The van der Waals surface area contributed by atoms with Crippen molar-refractivity contribution in [3.05, 3.63) is 23.8 Å². The lowest BCUT2D eigenvalue weighted by molar-refractivity contribution is 0.0692. The first kappa shape index (κ1) is 11.9. The largest absolute Gasteiger partial charge is 0.478 e. The van der Waals surface area contributed by atoms with E-state index >= 15 is 0 Å². The van der Waals surface area contributed by atoms with Gasteiger partial charge < -0.3 is 9.84 Å². The van der Waals surface area contributed by atoms with E-state index in [4.69, 9.17) is 9.84 Å². The second-order valence-corrected chi connectivity index (χ2v) is 4.12. The summed E-state index contributed by atoms with van der Waals surface area (Å²) in [5.74, 6) is -0.989. The molecule has 1 fully saturated rings. The second kappa shape index (κ2) is 5.20. The van der Waals surface area contributed by atoms with Gasteiger partial charge in [-0.05, 0) is 13.5 Å². The van der Waals surface area contributed by atoms with Gasteiger partial charge in [-0.1, -0.05) is 0 Å². The molecule has 1 atom stereocenters. The van der Waals surface area contributed by atoms with E-state index in [9.17, 15) is 4.79 Å². The van der Waals surface area contributed by atoms with Crippen molar-refractivity contribution in [2.75, 3.05) is 20.3 Å². The van der Waals surface area contributed by atoms with Gasteiger partial charge in [0.25, 0.3) is 0 Å². The molecule has 2 heterocycles. The van der Waals surface area contributed by atoms with Gasteiger partial charge in [0.05, 0.1) is 12.3 Å². The van der Waals surface area contributed by atoms with Crippen molar-refractivity contribution in [2.24, 2.45) is 0 Å². The van der Waals surface area contributed by atoms with E-state index in [0.29, 0.717) is 24.9 Å². The van der Waals surface area contributed by atoms with Crippen LogP contribution in [0.4, 0.5) is 0 Å². The maximum absolute atomic E-state index is 11.0. The number of aromatic carboxylic acids is 1. The van der Waals surface area contributed by atoms with Gasteiger partial charge in [0.15, 0.2) is 0 Å². The summed E-state index contributed by atoms with van der Waals surface area (Å²) in [4.78, 5) is 20.8. The van der Waals surface area contributed by atoms with Crippen LogP contribution in [0.15, 0.2) is 12.5 Å². The third kappa shape index (κ3) is 2.78. The van der Waals surface area contributed by atoms with Crippen molar-refractivity contribution in [1.82, 2.24) is 14.9 Å². The van der Waals surface area contributed by atoms with Crippen molar-refractivity contribution in [3.63, 3.8) is 0 Å². The molecular formula is C11H15N3O3. The predicted octanol–water partition coefficient (Wildman–Crippen LogP) is 0.396. The zero-order valence-corrected chi connectivity index (χ0v) is 9.67. The highest BCUT2D eigenvalue weighted by atomic mass is 16.5. The Labute approximate surface area is 99.2 Å². The number of nitrogens with zero attached hydrogens (tertiary/aromatic N) is 3. The Kier molecular flexibility index (Phi) is 3.65. The number of rotatable bonds is 4. The first-order chi connectivity index (χ1) is 8.18. The Hall–Kier alpha value is -1.53. The molecule has 1 aliphatic heterocycles. The summed E-state index contributed by atoms with van der Waals surface area (Å²) in [6.45, 7) is 1.97. The molecule has 0 aliphatic carbocycles. The van der Waals surface area contributed by atoms with Crippen LogP contribution in [-0.2, 0) is 11.3 Å². The zero-order chi connectivity index (χ0) is 12.3. The fourth-order valence-electron chi connectivity index (χ4n) is 1.89. The van der Waals surface area contributed by atoms with Crippen LogP contribution in [0.25, 0.3) is 0 Å². The molecule has 17 heavy (non-hydrogen) atoms. The Morgan fingerprint density at radius 2 is 2.53 bits per heavy atom. The van der Waals surface area contributed by atoms with Gasteiger partial charge in [0.2, 0.25) is 0 Å². The smallest absolute Gasteiger partial charge is 0.339 e. The Morgan fingerprint density at radius 3 is 3.18 bits per heavy atom. The average Bonchev–Trinajstić information content (AvgIpc) is 2.83. The molecule has 0 amide bonds. The van der Waals surface area contributed by atoms with Crippen molar-refractivity contribution in [3.8, 4) is 0 Å². The van der Waals surface area contributed by atoms with Crippen LogP contribution in [0, 0.1) is 0 Å². The van der Waals surface area contributed by atoms with Crippen LogP contribution in [0.1, 0.15) is 22.5 Å². The highest BCUT2D eigenvalue weighted by molar-refractivity contribution is 5.88. The van der Waals surface area contributed by atoms with Gasteiger partial charge in [0.1, 0.15) is 11.9 Å². The SMILES string of the molecule is CN(Cc1ncncc1C(=O)O)C1CCOC1. The van der Waals surface area contributed by atoms with Gasteiger partial charge in [0, 0.05) is 25.4 Å². The third-order valence-electron chi connectivity index (χ3n) is 2.95. The Morgan fingerprint density at radius 1 is 1.71 bits per heavy atom. The molecular weight excluding hydrogens is 222 g/mol. The van der Waals surface area contributed by atoms with Crippen LogP contribution in [0.3, 0.4) is 0 Å². The summed E-state index contributed by atoms with van der Waals surface area (Å²) in [7, 11) is 1.95. The van der Waals surface area contributed by atoms with E-state index in [1.54, 1.807) is 0 Å². The lowest BCUT2D eigenvalue weighted by Crippen LogP contribution is -2.32. The van der Waals surface area contributed by atoms with Gasteiger partial charge in [-0.3, -0.25) is 4.90 Å². The number of carboxylic acid groups (broad SMARTS) is 1. The molecule has 1 aromatic rings. The number of aromatic nitrogens is 2.